The highest BCUT2D eigenvalue weighted by Gasteiger charge is 2.21. The Bertz CT molecular complexity index is 3170. The zero-order valence-corrected chi connectivity index (χ0v) is 29.5. The van der Waals surface area contributed by atoms with Gasteiger partial charge in [0.1, 0.15) is 0 Å². The topological polar surface area (TPSA) is 9.86 Å². The number of aromatic nitrogens is 2. The average Bonchev–Trinajstić information content (AvgIpc) is 3.78. The molecule has 54 heavy (non-hydrogen) atoms. The molecule has 0 unspecified atom stereocenters. The molecule has 2 nitrogen and oxygen atoms in total. The van der Waals surface area contributed by atoms with Crippen molar-refractivity contribution in [2.45, 2.75) is 0 Å². The van der Waals surface area contributed by atoms with Gasteiger partial charge in [-0.3, -0.25) is 0 Å². The summed E-state index contributed by atoms with van der Waals surface area (Å²) in [5.74, 6) is 0. The van der Waals surface area contributed by atoms with Crippen LogP contribution >= 0.6 is 0 Å². The predicted octanol–water partition coefficient (Wildman–Crippen LogP) is 14.0. The van der Waals surface area contributed by atoms with Crippen molar-refractivity contribution in [1.82, 2.24) is 9.13 Å². The molecule has 0 bridgehead atoms. The summed E-state index contributed by atoms with van der Waals surface area (Å²) >= 11 is 0. The van der Waals surface area contributed by atoms with Gasteiger partial charge < -0.3 is 9.13 Å². The van der Waals surface area contributed by atoms with Crippen molar-refractivity contribution in [2.75, 3.05) is 0 Å². The van der Waals surface area contributed by atoms with E-state index < -0.39 is 0 Å². The third kappa shape index (κ3) is 4.67. The van der Waals surface area contributed by atoms with Crippen molar-refractivity contribution in [3.05, 3.63) is 206 Å². The van der Waals surface area contributed by atoms with E-state index >= 15 is 0 Å². The number of rotatable bonds is 5. The molecule has 2 heteroatoms. The lowest BCUT2D eigenvalue weighted by atomic mass is 9.91. The van der Waals surface area contributed by atoms with Crippen LogP contribution in [0.15, 0.2) is 206 Å². The second-order valence-corrected chi connectivity index (χ2v) is 14.1. The van der Waals surface area contributed by atoms with Crippen molar-refractivity contribution in [1.29, 1.82) is 0 Å². The Kier molecular flexibility index (Phi) is 6.90. The summed E-state index contributed by atoms with van der Waals surface area (Å²) in [6.07, 6.45) is 0. The molecule has 0 aliphatic heterocycles. The minimum absolute atomic E-state index is 1.14. The van der Waals surface area contributed by atoms with E-state index in [-0.39, 0.29) is 0 Å². The zero-order valence-electron chi connectivity index (χ0n) is 29.5. The van der Waals surface area contributed by atoms with Crippen LogP contribution in [0.5, 0.6) is 0 Å². The van der Waals surface area contributed by atoms with Crippen molar-refractivity contribution >= 4 is 54.4 Å². The Morgan fingerprint density at radius 2 is 0.833 bits per heavy atom. The van der Waals surface area contributed by atoms with E-state index in [0.717, 1.165) is 5.69 Å². The number of benzene rings is 9. The van der Waals surface area contributed by atoms with E-state index in [1.807, 2.05) is 0 Å². The predicted molar refractivity (Wildman–Crippen MR) is 229 cm³/mol. The van der Waals surface area contributed by atoms with Gasteiger partial charge >= 0.3 is 0 Å². The maximum atomic E-state index is 2.46. The van der Waals surface area contributed by atoms with Gasteiger partial charge in [0.15, 0.2) is 0 Å². The lowest BCUT2D eigenvalue weighted by Crippen LogP contribution is -1.95. The summed E-state index contributed by atoms with van der Waals surface area (Å²) in [7, 11) is 0. The van der Waals surface area contributed by atoms with Gasteiger partial charge in [-0.15, -0.1) is 0 Å². The lowest BCUT2D eigenvalue weighted by Gasteiger charge is -2.15. The quantitative estimate of drug-likeness (QED) is 0.171. The third-order valence-corrected chi connectivity index (χ3v) is 11.1. The van der Waals surface area contributed by atoms with Gasteiger partial charge in [0.25, 0.3) is 0 Å². The smallest absolute Gasteiger partial charge is 0.0626 e. The molecular weight excluding hydrogens is 653 g/mol. The van der Waals surface area contributed by atoms with Gasteiger partial charge in [-0.1, -0.05) is 158 Å². The van der Waals surface area contributed by atoms with Crippen LogP contribution in [0.1, 0.15) is 0 Å². The summed E-state index contributed by atoms with van der Waals surface area (Å²) < 4.78 is 4.90. The molecule has 0 aliphatic rings. The van der Waals surface area contributed by atoms with E-state index in [4.69, 9.17) is 0 Å². The van der Waals surface area contributed by atoms with Crippen LogP contribution in [0, 0.1) is 0 Å². The van der Waals surface area contributed by atoms with Crippen LogP contribution < -0.4 is 0 Å². The van der Waals surface area contributed by atoms with Crippen molar-refractivity contribution in [2.24, 2.45) is 0 Å². The molecule has 0 amide bonds. The second-order valence-electron chi connectivity index (χ2n) is 14.1. The standard InChI is InChI=1S/C52H34N2/c1-4-14-35(15-5-1)39-27-31-42(36-16-6-2-7-17-36)46(34-39)37-24-29-41(30-25-37)53-48-23-13-11-21-45(48)51-49(53)33-28-38-26-32-44-43-20-10-12-22-47(43)54(52(44)50(38)51)40-18-8-3-9-19-40/h1-34H. The van der Waals surface area contributed by atoms with Gasteiger partial charge in [0, 0.05) is 38.3 Å². The first-order chi connectivity index (χ1) is 26.8. The van der Waals surface area contributed by atoms with E-state index in [2.05, 4.69) is 215 Å². The highest BCUT2D eigenvalue weighted by Crippen LogP contribution is 2.44. The Hall–Kier alpha value is -7.16. The molecule has 11 aromatic rings. The first-order valence-corrected chi connectivity index (χ1v) is 18.6. The summed E-state index contributed by atoms with van der Waals surface area (Å²) in [6, 6.07) is 75.1. The van der Waals surface area contributed by atoms with E-state index in [0.29, 0.717) is 0 Å². The van der Waals surface area contributed by atoms with Crippen LogP contribution in [0.3, 0.4) is 0 Å². The summed E-state index contributed by atoms with van der Waals surface area (Å²) in [4.78, 5) is 0. The minimum Gasteiger partial charge on any atom is -0.309 e. The van der Waals surface area contributed by atoms with Crippen molar-refractivity contribution in [3.8, 4) is 44.8 Å². The van der Waals surface area contributed by atoms with Crippen LogP contribution in [0.2, 0.25) is 0 Å². The Labute approximate surface area is 313 Å². The van der Waals surface area contributed by atoms with E-state index in [9.17, 15) is 0 Å². The largest absolute Gasteiger partial charge is 0.309 e. The first kappa shape index (κ1) is 30.5. The van der Waals surface area contributed by atoms with Crippen LogP contribution in [0.25, 0.3) is 99.1 Å². The maximum Gasteiger partial charge on any atom is 0.0626 e. The number of para-hydroxylation sites is 3. The first-order valence-electron chi connectivity index (χ1n) is 18.6. The Morgan fingerprint density at radius 1 is 0.278 bits per heavy atom. The minimum atomic E-state index is 1.14. The molecule has 2 heterocycles. The number of hydrogen-bond acceptors (Lipinski definition) is 0. The molecule has 11 rings (SSSR count). The molecule has 0 saturated heterocycles. The van der Waals surface area contributed by atoms with Crippen LogP contribution in [-0.4, -0.2) is 9.13 Å². The highest BCUT2D eigenvalue weighted by atomic mass is 15.0. The van der Waals surface area contributed by atoms with E-state index in [1.165, 1.54) is 93.5 Å². The molecule has 0 saturated carbocycles. The van der Waals surface area contributed by atoms with Crippen LogP contribution in [0.4, 0.5) is 0 Å². The molecule has 252 valence electrons. The molecular formula is C52H34N2. The highest BCUT2D eigenvalue weighted by molar-refractivity contribution is 6.30. The van der Waals surface area contributed by atoms with Crippen molar-refractivity contribution in [3.63, 3.8) is 0 Å². The Morgan fingerprint density at radius 3 is 1.57 bits per heavy atom. The molecule has 0 N–H and O–H groups in total. The SMILES string of the molecule is c1ccc(-c2ccc(-c3ccccc3)c(-c3ccc(-n4c5ccccc5c5c6c(ccc7c8ccccc8n(-c8ccccc8)c76)ccc54)cc3)c2)cc1. The monoisotopic (exact) mass is 686 g/mol. The fourth-order valence-electron chi connectivity index (χ4n) is 8.70. The van der Waals surface area contributed by atoms with E-state index in [1.54, 1.807) is 0 Å². The molecule has 0 aliphatic carbocycles. The van der Waals surface area contributed by atoms with Gasteiger partial charge in [0.2, 0.25) is 0 Å². The number of fused-ring (bicyclic) bond motifs is 9. The summed E-state index contributed by atoms with van der Waals surface area (Å²) in [5, 5.41) is 7.58. The number of nitrogens with zero attached hydrogens (tertiary/aromatic N) is 2. The Balaban J connectivity index is 1.15. The fraction of sp³-hybridized carbons (Fsp3) is 0. The number of hydrogen-bond donors (Lipinski definition) is 0. The zero-order chi connectivity index (χ0) is 35.6. The molecule has 2 aromatic heterocycles. The molecule has 9 aromatic carbocycles. The molecule has 0 radical (unpaired) electrons. The van der Waals surface area contributed by atoms with Gasteiger partial charge in [0.05, 0.1) is 22.1 Å². The maximum absolute atomic E-state index is 2.46. The lowest BCUT2D eigenvalue weighted by molar-refractivity contribution is 1.18. The summed E-state index contributed by atoms with van der Waals surface area (Å²) in [6.45, 7) is 0. The van der Waals surface area contributed by atoms with Crippen molar-refractivity contribution < 1.29 is 0 Å². The fourth-order valence-corrected chi connectivity index (χ4v) is 8.70. The normalized spacial score (nSPS) is 11.7. The van der Waals surface area contributed by atoms with Gasteiger partial charge in [-0.25, -0.2) is 0 Å². The molecule has 0 spiro atoms. The molecule has 0 atom stereocenters. The van der Waals surface area contributed by atoms with Gasteiger partial charge in [-0.2, -0.15) is 0 Å². The third-order valence-electron chi connectivity index (χ3n) is 11.1. The van der Waals surface area contributed by atoms with Gasteiger partial charge in [-0.05, 0) is 87.3 Å². The average molecular weight is 687 g/mol. The molecule has 0 fully saturated rings. The van der Waals surface area contributed by atoms with Crippen LogP contribution in [-0.2, 0) is 0 Å². The summed E-state index contributed by atoms with van der Waals surface area (Å²) in [5.41, 5.74) is 14.4. The second kappa shape index (κ2) is 12.2.